The van der Waals surface area contributed by atoms with Crippen LogP contribution in [0.3, 0.4) is 0 Å². The monoisotopic (exact) mass is 342 g/mol. The third-order valence-electron chi connectivity index (χ3n) is 4.92. The fourth-order valence-corrected chi connectivity index (χ4v) is 3.18. The molecule has 1 aromatic heterocycles. The lowest BCUT2D eigenvalue weighted by Crippen LogP contribution is -2.41. The van der Waals surface area contributed by atoms with Crippen molar-refractivity contribution in [3.8, 4) is 6.07 Å². The first-order valence-electron chi connectivity index (χ1n) is 8.16. The highest BCUT2D eigenvalue weighted by Crippen LogP contribution is 2.39. The molecule has 0 aliphatic heterocycles. The molecule has 1 aliphatic carbocycles. The molecule has 7 heteroatoms. The topological polar surface area (TPSA) is 79.8 Å². The summed E-state index contributed by atoms with van der Waals surface area (Å²) in [6.45, 7) is 0. The number of rotatable bonds is 4. The van der Waals surface area contributed by atoms with Crippen LogP contribution in [0.25, 0.3) is 0 Å². The van der Waals surface area contributed by atoms with Crippen LogP contribution < -0.4 is 16.6 Å². The van der Waals surface area contributed by atoms with E-state index in [0.717, 1.165) is 29.4 Å². The van der Waals surface area contributed by atoms with Crippen LogP contribution in [0.2, 0.25) is 0 Å². The van der Waals surface area contributed by atoms with Crippen LogP contribution in [-0.4, -0.2) is 9.13 Å². The highest BCUT2D eigenvalue weighted by molar-refractivity contribution is 5.53. The summed E-state index contributed by atoms with van der Waals surface area (Å²) < 4.78 is 15.4. The fourth-order valence-electron chi connectivity index (χ4n) is 3.18. The molecule has 0 spiro atoms. The Morgan fingerprint density at radius 1 is 1.20 bits per heavy atom. The summed E-state index contributed by atoms with van der Waals surface area (Å²) in [5, 5.41) is 12.6. The molecule has 1 fully saturated rings. The van der Waals surface area contributed by atoms with Gasteiger partial charge in [-0.3, -0.25) is 13.9 Å². The Labute approximate surface area is 144 Å². The molecule has 1 saturated carbocycles. The van der Waals surface area contributed by atoms with Gasteiger partial charge in [-0.05, 0) is 36.5 Å². The number of nitrogens with zero attached hydrogens (tertiary/aromatic N) is 3. The summed E-state index contributed by atoms with van der Waals surface area (Å²) in [6, 6.07) is 7.86. The van der Waals surface area contributed by atoms with Crippen LogP contribution >= 0.6 is 0 Å². The lowest BCUT2D eigenvalue weighted by molar-refractivity contribution is 0.276. The van der Waals surface area contributed by atoms with E-state index in [9.17, 15) is 19.2 Å². The molecule has 1 heterocycles. The minimum absolute atomic E-state index is 0.101. The van der Waals surface area contributed by atoms with E-state index >= 15 is 0 Å². The first-order valence-corrected chi connectivity index (χ1v) is 8.16. The molecular weight excluding hydrogens is 323 g/mol. The SMILES string of the molecule is Cn1c(NC(c2ccc(F)cc2)C2CCC2)c(C#N)c(=O)n(C)c1=O. The molecule has 1 unspecified atom stereocenters. The molecule has 1 N–H and O–H groups in total. The standard InChI is InChI=1S/C18H19FN4O2/c1-22-16(14(10-20)17(24)23(2)18(22)25)21-15(11-4-3-5-11)12-6-8-13(19)9-7-12/h6-9,11,15,21H,3-5H2,1-2H3. The molecule has 1 aromatic carbocycles. The van der Waals surface area contributed by atoms with Crippen LogP contribution in [0.5, 0.6) is 0 Å². The quantitative estimate of drug-likeness (QED) is 0.922. The van der Waals surface area contributed by atoms with E-state index in [-0.39, 0.29) is 23.2 Å². The van der Waals surface area contributed by atoms with Gasteiger partial charge in [0.2, 0.25) is 0 Å². The van der Waals surface area contributed by atoms with Crippen LogP contribution in [0, 0.1) is 23.1 Å². The summed E-state index contributed by atoms with van der Waals surface area (Å²) in [4.78, 5) is 24.5. The van der Waals surface area contributed by atoms with Crippen molar-refractivity contribution >= 4 is 5.82 Å². The number of nitrogens with one attached hydrogen (secondary N) is 1. The molecule has 1 atom stereocenters. The number of nitriles is 1. The van der Waals surface area contributed by atoms with Crippen molar-refractivity contribution in [1.82, 2.24) is 9.13 Å². The van der Waals surface area contributed by atoms with Crippen molar-refractivity contribution in [2.24, 2.45) is 20.0 Å². The van der Waals surface area contributed by atoms with Crippen molar-refractivity contribution in [1.29, 1.82) is 5.26 Å². The summed E-state index contributed by atoms with van der Waals surface area (Å²) in [5.74, 6) is 0.183. The Morgan fingerprint density at radius 3 is 2.36 bits per heavy atom. The predicted octanol–water partition coefficient (Wildman–Crippen LogP) is 2.05. The summed E-state index contributed by atoms with van der Waals surface area (Å²) in [5.41, 5.74) is -0.364. The van der Waals surface area contributed by atoms with Crippen LogP contribution in [0.1, 0.15) is 36.4 Å². The van der Waals surface area contributed by atoms with Crippen molar-refractivity contribution in [3.05, 3.63) is 62.0 Å². The second-order valence-electron chi connectivity index (χ2n) is 6.41. The van der Waals surface area contributed by atoms with Gasteiger partial charge in [0.05, 0.1) is 6.04 Å². The smallest absolute Gasteiger partial charge is 0.332 e. The fraction of sp³-hybridized carbons (Fsp3) is 0.389. The van der Waals surface area contributed by atoms with Crippen molar-refractivity contribution in [3.63, 3.8) is 0 Å². The number of hydrogen-bond acceptors (Lipinski definition) is 4. The Hall–Kier alpha value is -2.88. The normalized spacial score (nSPS) is 15.3. The lowest BCUT2D eigenvalue weighted by atomic mass is 9.77. The van der Waals surface area contributed by atoms with E-state index in [4.69, 9.17) is 0 Å². The third kappa shape index (κ3) is 2.95. The average Bonchev–Trinajstić information content (AvgIpc) is 2.56. The zero-order valence-corrected chi connectivity index (χ0v) is 14.1. The first-order chi connectivity index (χ1) is 11.9. The largest absolute Gasteiger partial charge is 0.363 e. The van der Waals surface area contributed by atoms with Crippen LogP contribution in [0.15, 0.2) is 33.9 Å². The van der Waals surface area contributed by atoms with Crippen molar-refractivity contribution < 1.29 is 4.39 Å². The Kier molecular flexibility index (Phi) is 4.45. The molecule has 0 saturated heterocycles. The second kappa shape index (κ2) is 6.55. The minimum Gasteiger partial charge on any atom is -0.363 e. The molecule has 0 amide bonds. The molecule has 25 heavy (non-hydrogen) atoms. The van der Waals surface area contributed by atoms with Gasteiger partial charge in [0.25, 0.3) is 5.56 Å². The minimum atomic E-state index is -0.625. The van der Waals surface area contributed by atoms with Crippen molar-refractivity contribution in [2.45, 2.75) is 25.3 Å². The second-order valence-corrected chi connectivity index (χ2v) is 6.41. The van der Waals surface area contributed by atoms with E-state index < -0.39 is 11.2 Å². The van der Waals surface area contributed by atoms with Crippen LogP contribution in [0.4, 0.5) is 10.2 Å². The van der Waals surface area contributed by atoms with Gasteiger partial charge in [-0.15, -0.1) is 0 Å². The van der Waals surface area contributed by atoms with Gasteiger partial charge >= 0.3 is 5.69 Å². The predicted molar refractivity (Wildman–Crippen MR) is 91.7 cm³/mol. The van der Waals surface area contributed by atoms with E-state index in [2.05, 4.69) is 5.32 Å². The molecule has 130 valence electrons. The molecule has 2 aromatic rings. The number of aromatic nitrogens is 2. The number of hydrogen-bond donors (Lipinski definition) is 1. The first kappa shape index (κ1) is 17.0. The summed E-state index contributed by atoms with van der Waals surface area (Å²) >= 11 is 0. The van der Waals surface area contributed by atoms with Gasteiger partial charge in [0.1, 0.15) is 17.7 Å². The zero-order valence-electron chi connectivity index (χ0n) is 14.1. The molecular formula is C18H19FN4O2. The van der Waals surface area contributed by atoms with E-state index in [1.54, 1.807) is 12.1 Å². The molecule has 0 radical (unpaired) electrons. The average molecular weight is 342 g/mol. The molecule has 0 bridgehead atoms. The highest BCUT2D eigenvalue weighted by Gasteiger charge is 2.30. The number of halogens is 1. The van der Waals surface area contributed by atoms with Crippen LogP contribution in [-0.2, 0) is 14.1 Å². The van der Waals surface area contributed by atoms with Crippen molar-refractivity contribution in [2.75, 3.05) is 5.32 Å². The maximum Gasteiger partial charge on any atom is 0.332 e. The Morgan fingerprint density at radius 2 is 1.84 bits per heavy atom. The maximum atomic E-state index is 13.3. The highest BCUT2D eigenvalue weighted by atomic mass is 19.1. The van der Waals surface area contributed by atoms with Gasteiger partial charge in [-0.2, -0.15) is 5.26 Å². The van der Waals surface area contributed by atoms with Gasteiger partial charge in [0, 0.05) is 14.1 Å². The van der Waals surface area contributed by atoms with Gasteiger partial charge in [0.15, 0.2) is 5.56 Å². The lowest BCUT2D eigenvalue weighted by Gasteiger charge is -2.35. The number of benzene rings is 1. The third-order valence-corrected chi connectivity index (χ3v) is 4.92. The molecule has 6 nitrogen and oxygen atoms in total. The summed E-state index contributed by atoms with van der Waals surface area (Å²) in [6.07, 6.45) is 3.09. The molecule has 1 aliphatic rings. The Balaban J connectivity index is 2.09. The van der Waals surface area contributed by atoms with E-state index in [1.807, 2.05) is 6.07 Å². The van der Waals surface area contributed by atoms with Gasteiger partial charge in [-0.25, -0.2) is 9.18 Å². The van der Waals surface area contributed by atoms with E-state index in [0.29, 0.717) is 5.92 Å². The Bertz CT molecular complexity index is 949. The van der Waals surface area contributed by atoms with Gasteiger partial charge < -0.3 is 5.32 Å². The molecule has 3 rings (SSSR count). The van der Waals surface area contributed by atoms with Gasteiger partial charge in [-0.1, -0.05) is 18.6 Å². The maximum absolute atomic E-state index is 13.3. The van der Waals surface area contributed by atoms with E-state index in [1.165, 1.54) is 30.8 Å². The zero-order chi connectivity index (χ0) is 18.1. The summed E-state index contributed by atoms with van der Waals surface area (Å²) in [7, 11) is 2.87. The number of anilines is 1.